The van der Waals surface area contributed by atoms with Crippen LogP contribution in [-0.4, -0.2) is 25.1 Å². The van der Waals surface area contributed by atoms with E-state index in [4.69, 9.17) is 9.47 Å². The van der Waals surface area contributed by atoms with Crippen molar-refractivity contribution in [2.24, 2.45) is 0 Å². The van der Waals surface area contributed by atoms with Crippen molar-refractivity contribution in [1.29, 1.82) is 0 Å². The van der Waals surface area contributed by atoms with Crippen LogP contribution in [0, 0.1) is 5.82 Å². The van der Waals surface area contributed by atoms with E-state index >= 15 is 0 Å². The Bertz CT molecular complexity index is 408. The van der Waals surface area contributed by atoms with E-state index in [1.165, 1.54) is 19.2 Å². The molecule has 0 saturated carbocycles. The Hall–Kier alpha value is -1.42. The molecule has 1 aromatic carbocycles. The highest BCUT2D eigenvalue weighted by Crippen LogP contribution is 2.17. The monoisotopic (exact) mass is 240 g/mol. The molecule has 0 saturated heterocycles. The molecule has 0 aliphatic heterocycles. The average molecular weight is 240 g/mol. The number of methoxy groups -OCH3 is 1. The van der Waals surface area contributed by atoms with Gasteiger partial charge in [0.05, 0.1) is 18.3 Å². The molecule has 0 fully saturated rings. The molecule has 94 valence electrons. The number of halogens is 1. The lowest BCUT2D eigenvalue weighted by atomic mass is 10.1. The molecule has 0 heterocycles. The number of hydrogen-bond acceptors (Lipinski definition) is 3. The second kappa shape index (κ2) is 5.27. The number of carbonyl (C=O) groups is 1. The predicted molar refractivity (Wildman–Crippen MR) is 63.0 cm³/mol. The van der Waals surface area contributed by atoms with Gasteiger partial charge in [0.1, 0.15) is 18.2 Å². The highest BCUT2D eigenvalue weighted by atomic mass is 19.1. The van der Waals surface area contributed by atoms with E-state index in [1.54, 1.807) is 6.07 Å². The quantitative estimate of drug-likeness (QED) is 0.759. The molecule has 0 atom stereocenters. The van der Waals surface area contributed by atoms with Crippen molar-refractivity contribution >= 4 is 5.78 Å². The summed E-state index contributed by atoms with van der Waals surface area (Å²) in [5, 5.41) is 0. The summed E-state index contributed by atoms with van der Waals surface area (Å²) in [7, 11) is 1.44. The topological polar surface area (TPSA) is 35.5 Å². The summed E-state index contributed by atoms with van der Waals surface area (Å²) < 4.78 is 23.7. The molecular weight excluding hydrogens is 223 g/mol. The molecule has 0 bridgehead atoms. The first-order valence-electron chi connectivity index (χ1n) is 5.34. The van der Waals surface area contributed by atoms with Crippen LogP contribution in [-0.2, 0) is 4.74 Å². The molecule has 17 heavy (non-hydrogen) atoms. The maximum atomic E-state index is 13.6. The zero-order valence-electron chi connectivity index (χ0n) is 10.5. The minimum absolute atomic E-state index is 0.0232. The van der Waals surface area contributed by atoms with Gasteiger partial charge in [-0.15, -0.1) is 0 Å². The third kappa shape index (κ3) is 4.15. The molecule has 0 spiro atoms. The number of ketones is 1. The Kier molecular flexibility index (Phi) is 4.23. The minimum atomic E-state index is -0.591. The van der Waals surface area contributed by atoms with Gasteiger partial charge in [-0.25, -0.2) is 4.39 Å². The predicted octanol–water partition coefficient (Wildman–Crippen LogP) is 2.83. The largest absolute Gasteiger partial charge is 0.497 e. The zero-order chi connectivity index (χ0) is 13.1. The molecule has 0 aliphatic rings. The maximum Gasteiger partial charge on any atom is 0.191 e. The number of hydrogen-bond donors (Lipinski definition) is 0. The lowest BCUT2D eigenvalue weighted by Crippen LogP contribution is -2.24. The standard InChI is InChI=1S/C13H17FO3/c1-13(2,3)17-8-12(15)10-6-5-9(16-4)7-11(10)14/h5-7H,8H2,1-4H3. The van der Waals surface area contributed by atoms with Crippen molar-refractivity contribution in [3.05, 3.63) is 29.6 Å². The fourth-order valence-electron chi connectivity index (χ4n) is 1.21. The van der Waals surface area contributed by atoms with E-state index in [-0.39, 0.29) is 18.0 Å². The van der Waals surface area contributed by atoms with Crippen molar-refractivity contribution in [3.8, 4) is 5.75 Å². The zero-order valence-corrected chi connectivity index (χ0v) is 10.5. The van der Waals surface area contributed by atoms with Crippen LogP contribution in [0.15, 0.2) is 18.2 Å². The molecule has 0 amide bonds. The Morgan fingerprint density at radius 3 is 2.47 bits per heavy atom. The fraction of sp³-hybridized carbons (Fsp3) is 0.462. The molecule has 4 heteroatoms. The lowest BCUT2D eigenvalue weighted by Gasteiger charge is -2.18. The Morgan fingerprint density at radius 1 is 1.35 bits per heavy atom. The molecule has 0 aliphatic carbocycles. The number of carbonyl (C=O) groups excluding carboxylic acids is 1. The second-order valence-corrected chi connectivity index (χ2v) is 4.67. The van der Waals surface area contributed by atoms with E-state index in [0.717, 1.165) is 0 Å². The van der Waals surface area contributed by atoms with Gasteiger partial charge in [0.25, 0.3) is 0 Å². The highest BCUT2D eigenvalue weighted by Gasteiger charge is 2.17. The summed E-state index contributed by atoms with van der Waals surface area (Å²) in [4.78, 5) is 11.7. The summed E-state index contributed by atoms with van der Waals surface area (Å²) >= 11 is 0. The van der Waals surface area contributed by atoms with E-state index in [0.29, 0.717) is 5.75 Å². The second-order valence-electron chi connectivity index (χ2n) is 4.67. The molecular formula is C13H17FO3. The number of ether oxygens (including phenoxy) is 2. The normalized spacial score (nSPS) is 11.4. The molecule has 0 N–H and O–H groups in total. The minimum Gasteiger partial charge on any atom is -0.497 e. The van der Waals surface area contributed by atoms with Crippen LogP contribution in [0.4, 0.5) is 4.39 Å². The fourth-order valence-corrected chi connectivity index (χ4v) is 1.21. The van der Waals surface area contributed by atoms with Crippen LogP contribution in [0.25, 0.3) is 0 Å². The Morgan fingerprint density at radius 2 is 2.00 bits per heavy atom. The van der Waals surface area contributed by atoms with Gasteiger partial charge in [-0.05, 0) is 32.9 Å². The summed E-state index contributed by atoms with van der Waals surface area (Å²) in [6.45, 7) is 5.38. The molecule has 1 aromatic rings. The van der Waals surface area contributed by atoms with Gasteiger partial charge in [-0.3, -0.25) is 4.79 Å². The van der Waals surface area contributed by atoms with Crippen LogP contribution in [0.3, 0.4) is 0 Å². The molecule has 0 aromatic heterocycles. The van der Waals surface area contributed by atoms with E-state index in [1.807, 2.05) is 20.8 Å². The van der Waals surface area contributed by atoms with Gasteiger partial charge >= 0.3 is 0 Å². The van der Waals surface area contributed by atoms with Crippen LogP contribution < -0.4 is 4.74 Å². The van der Waals surface area contributed by atoms with Gasteiger partial charge in [0.15, 0.2) is 5.78 Å². The van der Waals surface area contributed by atoms with Crippen molar-refractivity contribution in [2.45, 2.75) is 26.4 Å². The number of Topliss-reactive ketones (excluding diaryl/α,β-unsaturated/α-hetero) is 1. The van der Waals surface area contributed by atoms with Crippen LogP contribution in [0.5, 0.6) is 5.75 Å². The lowest BCUT2D eigenvalue weighted by molar-refractivity contribution is 0.00290. The first-order valence-corrected chi connectivity index (χ1v) is 5.34. The number of rotatable bonds is 4. The third-order valence-electron chi connectivity index (χ3n) is 2.11. The third-order valence-corrected chi connectivity index (χ3v) is 2.11. The van der Waals surface area contributed by atoms with Gasteiger partial charge in [0.2, 0.25) is 0 Å². The Balaban J connectivity index is 2.76. The first-order chi connectivity index (χ1) is 7.83. The van der Waals surface area contributed by atoms with Crippen LogP contribution in [0.2, 0.25) is 0 Å². The van der Waals surface area contributed by atoms with Crippen molar-refractivity contribution < 1.29 is 18.7 Å². The number of benzene rings is 1. The van der Waals surface area contributed by atoms with Gasteiger partial charge < -0.3 is 9.47 Å². The van der Waals surface area contributed by atoms with E-state index in [9.17, 15) is 9.18 Å². The SMILES string of the molecule is COc1ccc(C(=O)COC(C)(C)C)c(F)c1. The Labute approximate surface area is 101 Å². The summed E-state index contributed by atoms with van der Waals surface area (Å²) in [6, 6.07) is 4.14. The molecule has 3 nitrogen and oxygen atoms in total. The first kappa shape index (κ1) is 13.6. The van der Waals surface area contributed by atoms with Crippen LogP contribution >= 0.6 is 0 Å². The van der Waals surface area contributed by atoms with E-state index < -0.39 is 11.4 Å². The van der Waals surface area contributed by atoms with Gasteiger partial charge in [0, 0.05) is 6.07 Å². The van der Waals surface area contributed by atoms with Crippen molar-refractivity contribution in [2.75, 3.05) is 13.7 Å². The van der Waals surface area contributed by atoms with Crippen molar-refractivity contribution in [3.63, 3.8) is 0 Å². The summed E-state index contributed by atoms with van der Waals surface area (Å²) in [6.07, 6.45) is 0. The molecule has 1 rings (SSSR count). The maximum absolute atomic E-state index is 13.6. The summed E-state index contributed by atoms with van der Waals surface area (Å²) in [5.74, 6) is -0.581. The highest BCUT2D eigenvalue weighted by molar-refractivity contribution is 5.97. The van der Waals surface area contributed by atoms with Crippen molar-refractivity contribution in [1.82, 2.24) is 0 Å². The average Bonchev–Trinajstić information content (AvgIpc) is 2.24. The summed E-state index contributed by atoms with van der Waals surface area (Å²) in [5.41, 5.74) is -0.395. The molecule has 0 unspecified atom stereocenters. The van der Waals surface area contributed by atoms with Crippen LogP contribution in [0.1, 0.15) is 31.1 Å². The molecule has 0 radical (unpaired) electrons. The van der Waals surface area contributed by atoms with E-state index in [2.05, 4.69) is 0 Å². The van der Waals surface area contributed by atoms with Gasteiger partial charge in [-0.1, -0.05) is 0 Å². The smallest absolute Gasteiger partial charge is 0.191 e. The van der Waals surface area contributed by atoms with Gasteiger partial charge in [-0.2, -0.15) is 0 Å².